The maximum absolute atomic E-state index is 12.8. The first-order chi connectivity index (χ1) is 13.4. The van der Waals surface area contributed by atoms with Crippen molar-refractivity contribution in [2.45, 2.75) is 6.92 Å². The third kappa shape index (κ3) is 4.22. The van der Waals surface area contributed by atoms with Gasteiger partial charge in [-0.3, -0.25) is 14.9 Å². The zero-order valence-corrected chi connectivity index (χ0v) is 16.3. The molecule has 0 unspecified atom stereocenters. The maximum atomic E-state index is 12.8. The SMILES string of the molecule is COc1ccc(/C=C(/C)C(=O)c2cc(OC)c(OC)c(OC)c2)cc1[N+](=O)[O-]. The third-order valence-corrected chi connectivity index (χ3v) is 4.07. The third-order valence-electron chi connectivity index (χ3n) is 4.07. The molecule has 0 fully saturated rings. The molecule has 2 aromatic rings. The molecule has 0 radical (unpaired) electrons. The number of allylic oxidation sites excluding steroid dienone is 1. The minimum Gasteiger partial charge on any atom is -0.493 e. The Bertz CT molecular complexity index is 909. The highest BCUT2D eigenvalue weighted by molar-refractivity contribution is 6.11. The molecule has 0 atom stereocenters. The molecule has 0 aliphatic rings. The van der Waals surface area contributed by atoms with E-state index in [9.17, 15) is 14.9 Å². The summed E-state index contributed by atoms with van der Waals surface area (Å²) in [6.45, 7) is 1.63. The number of nitro benzene ring substituents is 1. The summed E-state index contributed by atoms with van der Waals surface area (Å²) in [5.41, 5.74) is 1.05. The molecule has 0 aliphatic heterocycles. The number of hydrogen-bond donors (Lipinski definition) is 0. The standard InChI is InChI=1S/C20H21NO7/c1-12(8-13-6-7-16(25-2)15(9-13)21(23)24)19(22)14-10-17(26-3)20(28-5)18(11-14)27-4/h6-11H,1-5H3/b12-8-. The zero-order valence-electron chi connectivity index (χ0n) is 16.3. The number of ketones is 1. The van der Waals surface area contributed by atoms with E-state index in [0.717, 1.165) is 0 Å². The van der Waals surface area contributed by atoms with Gasteiger partial charge in [0.25, 0.3) is 0 Å². The first kappa shape index (κ1) is 20.8. The number of carbonyl (C=O) groups is 1. The lowest BCUT2D eigenvalue weighted by Crippen LogP contribution is -2.04. The largest absolute Gasteiger partial charge is 0.493 e. The Balaban J connectivity index is 2.44. The lowest BCUT2D eigenvalue weighted by atomic mass is 10.0. The van der Waals surface area contributed by atoms with Gasteiger partial charge in [-0.25, -0.2) is 0 Å². The van der Waals surface area contributed by atoms with Gasteiger partial charge in [-0.05, 0) is 42.3 Å². The summed E-state index contributed by atoms with van der Waals surface area (Å²) >= 11 is 0. The van der Waals surface area contributed by atoms with E-state index in [4.69, 9.17) is 18.9 Å². The molecule has 0 amide bonds. The van der Waals surface area contributed by atoms with Crippen LogP contribution in [0.5, 0.6) is 23.0 Å². The normalized spacial score (nSPS) is 11.0. The zero-order chi connectivity index (χ0) is 20.8. The van der Waals surface area contributed by atoms with Crippen LogP contribution in [0.15, 0.2) is 35.9 Å². The van der Waals surface area contributed by atoms with Crippen molar-refractivity contribution in [2.24, 2.45) is 0 Å². The minimum atomic E-state index is -0.535. The number of rotatable bonds is 8. The first-order valence-corrected chi connectivity index (χ1v) is 8.21. The van der Waals surface area contributed by atoms with Crippen LogP contribution in [0.3, 0.4) is 0 Å². The smallest absolute Gasteiger partial charge is 0.311 e. The Morgan fingerprint density at radius 3 is 1.96 bits per heavy atom. The van der Waals surface area contributed by atoms with Crippen LogP contribution in [0.25, 0.3) is 6.08 Å². The lowest BCUT2D eigenvalue weighted by molar-refractivity contribution is -0.385. The minimum absolute atomic E-state index is 0.149. The predicted molar refractivity (Wildman–Crippen MR) is 104 cm³/mol. The Kier molecular flexibility index (Phi) is 6.59. The summed E-state index contributed by atoms with van der Waals surface area (Å²) in [5, 5.41) is 11.2. The van der Waals surface area contributed by atoms with Crippen LogP contribution in [0.4, 0.5) is 5.69 Å². The summed E-state index contributed by atoms with van der Waals surface area (Å²) in [7, 11) is 5.76. The van der Waals surface area contributed by atoms with E-state index < -0.39 is 4.92 Å². The van der Waals surface area contributed by atoms with E-state index in [2.05, 4.69) is 0 Å². The molecule has 0 bridgehead atoms. The van der Waals surface area contributed by atoms with Gasteiger partial charge in [-0.2, -0.15) is 0 Å². The van der Waals surface area contributed by atoms with Crippen molar-refractivity contribution >= 4 is 17.5 Å². The molecule has 2 rings (SSSR count). The van der Waals surface area contributed by atoms with Gasteiger partial charge in [0.15, 0.2) is 23.0 Å². The molecule has 0 saturated heterocycles. The van der Waals surface area contributed by atoms with Crippen molar-refractivity contribution in [1.82, 2.24) is 0 Å². The van der Waals surface area contributed by atoms with Crippen LogP contribution in [-0.4, -0.2) is 39.1 Å². The number of methoxy groups -OCH3 is 4. The van der Waals surface area contributed by atoms with Crippen molar-refractivity contribution in [2.75, 3.05) is 28.4 Å². The van der Waals surface area contributed by atoms with Gasteiger partial charge in [0.2, 0.25) is 5.75 Å². The van der Waals surface area contributed by atoms with E-state index in [1.54, 1.807) is 31.2 Å². The number of ether oxygens (including phenoxy) is 4. The Morgan fingerprint density at radius 1 is 0.929 bits per heavy atom. The molecule has 8 heteroatoms. The number of carbonyl (C=O) groups excluding carboxylic acids is 1. The van der Waals surface area contributed by atoms with E-state index in [0.29, 0.717) is 33.9 Å². The maximum Gasteiger partial charge on any atom is 0.311 e. The molecule has 0 aromatic heterocycles. The molecular weight excluding hydrogens is 366 g/mol. The van der Waals surface area contributed by atoms with Crippen LogP contribution < -0.4 is 18.9 Å². The fourth-order valence-electron chi connectivity index (χ4n) is 2.69. The Morgan fingerprint density at radius 2 is 1.50 bits per heavy atom. The van der Waals surface area contributed by atoms with Gasteiger partial charge in [0, 0.05) is 11.6 Å². The average molecular weight is 387 g/mol. The topological polar surface area (TPSA) is 97.1 Å². The number of benzene rings is 2. The average Bonchev–Trinajstić information content (AvgIpc) is 2.71. The van der Waals surface area contributed by atoms with Crippen LogP contribution in [0.2, 0.25) is 0 Å². The number of nitrogens with zero attached hydrogens (tertiary/aromatic N) is 1. The second-order valence-electron chi connectivity index (χ2n) is 5.76. The van der Waals surface area contributed by atoms with Crippen molar-refractivity contribution in [3.8, 4) is 23.0 Å². The second-order valence-corrected chi connectivity index (χ2v) is 5.76. The summed E-state index contributed by atoms with van der Waals surface area (Å²) in [6.07, 6.45) is 1.57. The van der Waals surface area contributed by atoms with Gasteiger partial charge in [0.1, 0.15) is 0 Å². The second kappa shape index (κ2) is 8.90. The fourth-order valence-corrected chi connectivity index (χ4v) is 2.69. The van der Waals surface area contributed by atoms with E-state index in [1.165, 1.54) is 40.6 Å². The van der Waals surface area contributed by atoms with Crippen LogP contribution in [-0.2, 0) is 0 Å². The number of Topliss-reactive ketones (excluding diaryl/α,β-unsaturated/α-hetero) is 1. The molecular formula is C20H21NO7. The van der Waals surface area contributed by atoms with Crippen LogP contribution >= 0.6 is 0 Å². The van der Waals surface area contributed by atoms with Gasteiger partial charge in [-0.1, -0.05) is 6.07 Å². The molecule has 0 aliphatic carbocycles. The van der Waals surface area contributed by atoms with Crippen LogP contribution in [0.1, 0.15) is 22.8 Å². The summed E-state index contributed by atoms with van der Waals surface area (Å²) in [5.74, 6) is 0.971. The summed E-state index contributed by atoms with van der Waals surface area (Å²) < 4.78 is 20.8. The monoisotopic (exact) mass is 387 g/mol. The number of hydrogen-bond acceptors (Lipinski definition) is 7. The molecule has 0 spiro atoms. The summed E-state index contributed by atoms with van der Waals surface area (Å²) in [6, 6.07) is 7.58. The van der Waals surface area contributed by atoms with Gasteiger partial charge >= 0.3 is 5.69 Å². The number of nitro groups is 1. The van der Waals surface area contributed by atoms with Crippen molar-refractivity contribution in [1.29, 1.82) is 0 Å². The van der Waals surface area contributed by atoms with Crippen molar-refractivity contribution < 1.29 is 28.7 Å². The van der Waals surface area contributed by atoms with Crippen molar-refractivity contribution in [3.63, 3.8) is 0 Å². The first-order valence-electron chi connectivity index (χ1n) is 8.21. The van der Waals surface area contributed by atoms with E-state index in [1.807, 2.05) is 0 Å². The van der Waals surface area contributed by atoms with E-state index in [-0.39, 0.29) is 17.2 Å². The predicted octanol–water partition coefficient (Wildman–Crippen LogP) is 3.92. The molecule has 2 aromatic carbocycles. The van der Waals surface area contributed by atoms with E-state index >= 15 is 0 Å². The highest BCUT2D eigenvalue weighted by atomic mass is 16.6. The fraction of sp³-hybridized carbons (Fsp3) is 0.250. The van der Waals surface area contributed by atoms with Crippen LogP contribution in [0, 0.1) is 10.1 Å². The molecule has 0 heterocycles. The summed E-state index contributed by atoms with van der Waals surface area (Å²) in [4.78, 5) is 23.5. The lowest BCUT2D eigenvalue weighted by Gasteiger charge is -2.13. The molecule has 28 heavy (non-hydrogen) atoms. The molecule has 0 saturated carbocycles. The Labute approximate surface area is 162 Å². The quantitative estimate of drug-likeness (QED) is 0.293. The Hall–Kier alpha value is -3.55. The molecule has 148 valence electrons. The molecule has 8 nitrogen and oxygen atoms in total. The highest BCUT2D eigenvalue weighted by Crippen LogP contribution is 2.38. The van der Waals surface area contributed by atoms with Gasteiger partial charge < -0.3 is 18.9 Å². The van der Waals surface area contributed by atoms with Gasteiger partial charge in [0.05, 0.1) is 33.4 Å². The van der Waals surface area contributed by atoms with Gasteiger partial charge in [-0.15, -0.1) is 0 Å². The highest BCUT2D eigenvalue weighted by Gasteiger charge is 2.19. The molecule has 0 N–H and O–H groups in total. The van der Waals surface area contributed by atoms with Crippen molar-refractivity contribution in [3.05, 3.63) is 57.1 Å².